The summed E-state index contributed by atoms with van der Waals surface area (Å²) in [5.41, 5.74) is 0.735. The Morgan fingerprint density at radius 2 is 1.94 bits per heavy atom. The molecule has 1 saturated heterocycles. The van der Waals surface area contributed by atoms with Gasteiger partial charge < -0.3 is 23.9 Å². The van der Waals surface area contributed by atoms with Gasteiger partial charge in [0, 0.05) is 0 Å². The number of furan rings is 1. The number of esters is 1. The molecular weight excluding hydrogens is 472 g/mol. The average Bonchev–Trinajstić information content (AvgIpc) is 3.31. The number of hydrogen-bond donors (Lipinski definition) is 1. The zero-order valence-electron chi connectivity index (χ0n) is 17.2. The van der Waals surface area contributed by atoms with Gasteiger partial charge in [0.25, 0.3) is 5.91 Å². The minimum atomic E-state index is -0.643. The molecular formula is C21H21BrN2O7. The van der Waals surface area contributed by atoms with Crippen LogP contribution in [0, 0.1) is 0 Å². The Hall–Kier alpha value is -3.27. The van der Waals surface area contributed by atoms with Gasteiger partial charge in [0.2, 0.25) is 5.76 Å². The van der Waals surface area contributed by atoms with E-state index in [9.17, 15) is 14.4 Å². The van der Waals surface area contributed by atoms with Crippen molar-refractivity contribution in [1.29, 1.82) is 0 Å². The topological polar surface area (TPSA) is 107 Å². The van der Waals surface area contributed by atoms with Crippen LogP contribution in [0.3, 0.4) is 0 Å². The minimum absolute atomic E-state index is 0.0111. The van der Waals surface area contributed by atoms with Gasteiger partial charge in [0.15, 0.2) is 11.5 Å². The lowest BCUT2D eigenvalue weighted by Crippen LogP contribution is -2.30. The van der Waals surface area contributed by atoms with Crippen LogP contribution in [-0.2, 0) is 16.1 Å². The van der Waals surface area contributed by atoms with Crippen LogP contribution < -0.4 is 14.8 Å². The van der Waals surface area contributed by atoms with Crippen molar-refractivity contribution in [2.24, 2.45) is 0 Å². The van der Waals surface area contributed by atoms with Crippen molar-refractivity contribution in [3.63, 3.8) is 0 Å². The number of amides is 3. The standard InChI is InChI=1S/C21H21BrN2O7/c1-4-29-17-10-12(8-14(22)18(17)30-5-2)9-15-19(25)24(21(27)23-15)11-13-6-7-16(31-13)20(26)28-3/h6-10H,4-5,11H2,1-3H3,(H,23,27)/b15-9-. The number of rotatable bonds is 8. The first-order valence-electron chi connectivity index (χ1n) is 9.48. The van der Waals surface area contributed by atoms with Crippen LogP contribution in [0.25, 0.3) is 6.08 Å². The molecule has 9 nitrogen and oxygen atoms in total. The van der Waals surface area contributed by atoms with Crippen molar-refractivity contribution in [1.82, 2.24) is 10.2 Å². The van der Waals surface area contributed by atoms with Gasteiger partial charge in [-0.1, -0.05) is 0 Å². The molecule has 1 aliphatic rings. The molecule has 1 fully saturated rings. The molecule has 0 spiro atoms. The molecule has 3 amide bonds. The highest BCUT2D eigenvalue weighted by molar-refractivity contribution is 9.10. The van der Waals surface area contributed by atoms with Crippen molar-refractivity contribution in [3.05, 3.63) is 51.5 Å². The van der Waals surface area contributed by atoms with E-state index in [1.165, 1.54) is 19.2 Å². The minimum Gasteiger partial charge on any atom is -0.490 e. The van der Waals surface area contributed by atoms with Crippen LogP contribution in [0.4, 0.5) is 4.79 Å². The fourth-order valence-corrected chi connectivity index (χ4v) is 3.50. The van der Waals surface area contributed by atoms with Crippen LogP contribution in [0.1, 0.15) is 35.7 Å². The molecule has 0 bridgehead atoms. The third-order valence-electron chi connectivity index (χ3n) is 4.26. The molecule has 31 heavy (non-hydrogen) atoms. The summed E-state index contributed by atoms with van der Waals surface area (Å²) >= 11 is 3.45. The lowest BCUT2D eigenvalue weighted by Gasteiger charge is -2.13. The first-order valence-corrected chi connectivity index (χ1v) is 10.3. The predicted octanol–water partition coefficient (Wildman–Crippen LogP) is 3.72. The van der Waals surface area contributed by atoms with E-state index in [4.69, 9.17) is 13.9 Å². The zero-order chi connectivity index (χ0) is 22.5. The third-order valence-corrected chi connectivity index (χ3v) is 4.84. The van der Waals surface area contributed by atoms with Crippen LogP contribution in [0.15, 0.2) is 38.9 Å². The summed E-state index contributed by atoms with van der Waals surface area (Å²) in [6.45, 7) is 4.50. The number of ether oxygens (including phenoxy) is 3. The number of hydrogen-bond acceptors (Lipinski definition) is 7. The van der Waals surface area contributed by atoms with Gasteiger partial charge in [0.05, 0.1) is 31.3 Å². The maximum atomic E-state index is 12.8. The molecule has 1 aromatic carbocycles. The molecule has 0 radical (unpaired) electrons. The molecule has 164 valence electrons. The summed E-state index contributed by atoms with van der Waals surface area (Å²) in [6, 6.07) is 5.82. The lowest BCUT2D eigenvalue weighted by molar-refractivity contribution is -0.123. The number of imide groups is 1. The number of methoxy groups -OCH3 is 1. The summed E-state index contributed by atoms with van der Waals surface area (Å²) in [4.78, 5) is 37.6. The number of urea groups is 1. The summed E-state index contributed by atoms with van der Waals surface area (Å²) in [7, 11) is 1.23. The first-order chi connectivity index (χ1) is 14.9. The van der Waals surface area contributed by atoms with Crippen molar-refractivity contribution in [2.45, 2.75) is 20.4 Å². The van der Waals surface area contributed by atoms with Crippen molar-refractivity contribution >= 4 is 39.9 Å². The Morgan fingerprint density at radius 3 is 2.61 bits per heavy atom. The Balaban J connectivity index is 1.83. The van der Waals surface area contributed by atoms with Gasteiger partial charge in [-0.15, -0.1) is 0 Å². The van der Waals surface area contributed by atoms with Crippen molar-refractivity contribution in [2.75, 3.05) is 20.3 Å². The molecule has 2 heterocycles. The number of carbonyl (C=O) groups excluding carboxylic acids is 3. The van der Waals surface area contributed by atoms with Gasteiger partial charge in [-0.2, -0.15) is 0 Å². The monoisotopic (exact) mass is 492 g/mol. The molecule has 1 aliphatic heterocycles. The van der Waals surface area contributed by atoms with Crippen LogP contribution in [0.2, 0.25) is 0 Å². The summed E-state index contributed by atoms with van der Waals surface area (Å²) in [5.74, 6) is 0.175. The maximum absolute atomic E-state index is 12.8. The summed E-state index contributed by atoms with van der Waals surface area (Å²) in [6.07, 6.45) is 1.55. The van der Waals surface area contributed by atoms with Gasteiger partial charge in [0.1, 0.15) is 11.5 Å². The van der Waals surface area contributed by atoms with Crippen molar-refractivity contribution in [3.8, 4) is 11.5 Å². The lowest BCUT2D eigenvalue weighted by atomic mass is 10.1. The first kappa shape index (κ1) is 22.4. The van der Waals surface area contributed by atoms with Gasteiger partial charge in [-0.25, -0.2) is 9.59 Å². The molecule has 0 saturated carbocycles. The number of carbonyl (C=O) groups is 3. The quantitative estimate of drug-likeness (QED) is 0.339. The van der Waals surface area contributed by atoms with E-state index in [0.717, 1.165) is 4.90 Å². The van der Waals surface area contributed by atoms with Gasteiger partial charge in [-0.05, 0) is 65.7 Å². The van der Waals surface area contributed by atoms with E-state index in [2.05, 4.69) is 26.0 Å². The molecule has 10 heteroatoms. The molecule has 2 aromatic rings. The van der Waals surface area contributed by atoms with Crippen LogP contribution >= 0.6 is 15.9 Å². The Kier molecular flexibility index (Phi) is 7.01. The third kappa shape index (κ3) is 4.91. The van der Waals surface area contributed by atoms with E-state index in [-0.39, 0.29) is 23.8 Å². The summed E-state index contributed by atoms with van der Waals surface area (Å²) < 4.78 is 21.8. The highest BCUT2D eigenvalue weighted by Crippen LogP contribution is 2.37. The van der Waals surface area contributed by atoms with Gasteiger partial charge >= 0.3 is 12.0 Å². The maximum Gasteiger partial charge on any atom is 0.373 e. The molecule has 1 N–H and O–H groups in total. The number of halogens is 1. The predicted molar refractivity (Wildman–Crippen MR) is 114 cm³/mol. The van der Waals surface area contributed by atoms with Gasteiger partial charge in [-0.3, -0.25) is 9.69 Å². The van der Waals surface area contributed by atoms with E-state index in [1.54, 1.807) is 18.2 Å². The molecule has 1 aromatic heterocycles. The fraction of sp³-hybridized carbons (Fsp3) is 0.286. The molecule has 3 rings (SSSR count). The zero-order valence-corrected chi connectivity index (χ0v) is 18.8. The second kappa shape index (κ2) is 9.69. The molecule has 0 aliphatic carbocycles. The van der Waals surface area contributed by atoms with E-state index < -0.39 is 17.9 Å². The fourth-order valence-electron chi connectivity index (χ4n) is 2.93. The second-order valence-electron chi connectivity index (χ2n) is 6.33. The van der Waals surface area contributed by atoms with E-state index >= 15 is 0 Å². The number of nitrogens with zero attached hydrogens (tertiary/aromatic N) is 1. The van der Waals surface area contributed by atoms with Crippen LogP contribution in [0.5, 0.6) is 11.5 Å². The van der Waals surface area contributed by atoms with Crippen LogP contribution in [-0.4, -0.2) is 43.1 Å². The smallest absolute Gasteiger partial charge is 0.373 e. The van der Waals surface area contributed by atoms with E-state index in [0.29, 0.717) is 34.7 Å². The highest BCUT2D eigenvalue weighted by Gasteiger charge is 2.34. The average molecular weight is 493 g/mol. The van der Waals surface area contributed by atoms with E-state index in [1.807, 2.05) is 13.8 Å². The SMILES string of the molecule is CCOc1cc(/C=C2\NC(=O)N(Cc3ccc(C(=O)OC)o3)C2=O)cc(Br)c1OCC. The summed E-state index contributed by atoms with van der Waals surface area (Å²) in [5, 5.41) is 2.55. The largest absolute Gasteiger partial charge is 0.490 e. The highest BCUT2D eigenvalue weighted by atomic mass is 79.9. The normalized spacial score (nSPS) is 14.7. The van der Waals surface area contributed by atoms with Crippen molar-refractivity contribution < 1.29 is 33.0 Å². The Labute approximate surface area is 187 Å². The number of nitrogens with one attached hydrogen (secondary N) is 1. The number of benzene rings is 1. The Morgan fingerprint density at radius 1 is 1.19 bits per heavy atom. The second-order valence-corrected chi connectivity index (χ2v) is 7.19. The molecule has 0 atom stereocenters. The molecule has 0 unspecified atom stereocenters. The Bertz CT molecular complexity index is 1040.